The molecule has 4 rings (SSSR count). The summed E-state index contributed by atoms with van der Waals surface area (Å²) in [6.07, 6.45) is 5.85. The number of pyridine rings is 1. The zero-order valence-electron chi connectivity index (χ0n) is 15.6. The van der Waals surface area contributed by atoms with Gasteiger partial charge in [0, 0.05) is 56.1 Å². The van der Waals surface area contributed by atoms with E-state index < -0.39 is 0 Å². The van der Waals surface area contributed by atoms with Crippen molar-refractivity contribution in [3.05, 3.63) is 53.5 Å². The van der Waals surface area contributed by atoms with Crippen LogP contribution in [-0.2, 0) is 13.0 Å². The summed E-state index contributed by atoms with van der Waals surface area (Å²) < 4.78 is 0. The maximum atomic E-state index is 12.8. The molecule has 1 aliphatic rings. The number of nitrogens with one attached hydrogen (secondary N) is 1. The van der Waals surface area contributed by atoms with Crippen molar-refractivity contribution in [2.45, 2.75) is 19.9 Å². The van der Waals surface area contributed by atoms with E-state index in [9.17, 15) is 4.79 Å². The standard InChI is InChI=1S/C19H21N7O/c1-12-9-21-17(22-12)19(27)26-8-6-14-15(11-26)23-16(24-18(14)25(2)3)13-5-4-7-20-10-13/h4-5,7,9-10H,6,8,11H2,1-3H3,(H,21,22). The average molecular weight is 363 g/mol. The van der Waals surface area contributed by atoms with Crippen LogP contribution in [0.2, 0.25) is 0 Å². The van der Waals surface area contributed by atoms with Crippen molar-refractivity contribution in [1.29, 1.82) is 0 Å². The number of amides is 1. The van der Waals surface area contributed by atoms with E-state index in [1.807, 2.05) is 38.1 Å². The largest absolute Gasteiger partial charge is 0.362 e. The van der Waals surface area contributed by atoms with Gasteiger partial charge >= 0.3 is 0 Å². The molecular formula is C19H21N7O. The Bertz CT molecular complexity index is 981. The fraction of sp³-hybridized carbons (Fsp3) is 0.316. The Morgan fingerprint density at radius 2 is 2.11 bits per heavy atom. The van der Waals surface area contributed by atoms with E-state index in [4.69, 9.17) is 9.97 Å². The molecule has 0 atom stereocenters. The molecule has 1 N–H and O–H groups in total. The second-order valence-corrected chi connectivity index (χ2v) is 6.82. The number of H-pyrrole nitrogens is 1. The van der Waals surface area contributed by atoms with E-state index in [1.54, 1.807) is 23.5 Å². The molecule has 8 heteroatoms. The number of imidazole rings is 1. The van der Waals surface area contributed by atoms with Gasteiger partial charge in [-0.1, -0.05) is 0 Å². The van der Waals surface area contributed by atoms with Gasteiger partial charge in [-0.3, -0.25) is 9.78 Å². The molecule has 4 heterocycles. The van der Waals surface area contributed by atoms with Crippen LogP contribution < -0.4 is 4.90 Å². The molecule has 1 aliphatic heterocycles. The van der Waals surface area contributed by atoms with E-state index in [1.165, 1.54) is 0 Å². The van der Waals surface area contributed by atoms with Gasteiger partial charge in [-0.25, -0.2) is 15.0 Å². The molecule has 27 heavy (non-hydrogen) atoms. The lowest BCUT2D eigenvalue weighted by Gasteiger charge is -2.30. The molecule has 8 nitrogen and oxygen atoms in total. The fourth-order valence-electron chi connectivity index (χ4n) is 3.25. The molecule has 0 saturated heterocycles. The van der Waals surface area contributed by atoms with Gasteiger partial charge in [0.05, 0.1) is 12.2 Å². The highest BCUT2D eigenvalue weighted by Crippen LogP contribution is 2.28. The van der Waals surface area contributed by atoms with Crippen molar-refractivity contribution in [2.75, 3.05) is 25.5 Å². The maximum absolute atomic E-state index is 12.8. The highest BCUT2D eigenvalue weighted by Gasteiger charge is 2.28. The smallest absolute Gasteiger partial charge is 0.290 e. The molecule has 3 aromatic rings. The minimum Gasteiger partial charge on any atom is -0.362 e. The summed E-state index contributed by atoms with van der Waals surface area (Å²) in [5, 5.41) is 0. The molecule has 138 valence electrons. The quantitative estimate of drug-likeness (QED) is 0.763. The molecule has 0 aromatic carbocycles. The average Bonchev–Trinajstić information content (AvgIpc) is 3.13. The number of hydrogen-bond acceptors (Lipinski definition) is 6. The first-order valence-electron chi connectivity index (χ1n) is 8.81. The first kappa shape index (κ1) is 17.1. The van der Waals surface area contributed by atoms with E-state index in [0.717, 1.165) is 28.3 Å². The van der Waals surface area contributed by atoms with E-state index in [0.29, 0.717) is 31.2 Å². The predicted octanol–water partition coefficient (Wildman–Crippen LogP) is 1.83. The Kier molecular flexibility index (Phi) is 4.31. The summed E-state index contributed by atoms with van der Waals surface area (Å²) in [6, 6.07) is 3.80. The zero-order valence-corrected chi connectivity index (χ0v) is 15.6. The molecular weight excluding hydrogens is 342 g/mol. The van der Waals surface area contributed by atoms with Gasteiger partial charge in [0.15, 0.2) is 11.6 Å². The van der Waals surface area contributed by atoms with Crippen molar-refractivity contribution in [3.63, 3.8) is 0 Å². The van der Waals surface area contributed by atoms with Gasteiger partial charge in [-0.05, 0) is 25.5 Å². The molecule has 0 radical (unpaired) electrons. The number of aromatic amines is 1. The van der Waals surface area contributed by atoms with E-state index >= 15 is 0 Å². The number of rotatable bonds is 3. The van der Waals surface area contributed by atoms with Crippen molar-refractivity contribution in [1.82, 2.24) is 29.8 Å². The number of aryl methyl sites for hydroxylation is 1. The molecule has 1 amide bonds. The van der Waals surface area contributed by atoms with Gasteiger partial charge in [0.2, 0.25) is 0 Å². The van der Waals surface area contributed by atoms with E-state index in [-0.39, 0.29) is 5.91 Å². The predicted molar refractivity (Wildman–Crippen MR) is 101 cm³/mol. The van der Waals surface area contributed by atoms with Crippen molar-refractivity contribution < 1.29 is 4.79 Å². The lowest BCUT2D eigenvalue weighted by atomic mass is 10.0. The summed E-state index contributed by atoms with van der Waals surface area (Å²) in [5.41, 5.74) is 3.68. The van der Waals surface area contributed by atoms with Gasteiger partial charge in [-0.15, -0.1) is 0 Å². The first-order chi connectivity index (χ1) is 13.0. The van der Waals surface area contributed by atoms with Crippen LogP contribution in [0.3, 0.4) is 0 Å². The van der Waals surface area contributed by atoms with Gasteiger partial charge < -0.3 is 14.8 Å². The van der Waals surface area contributed by atoms with Crippen molar-refractivity contribution >= 4 is 11.7 Å². The second kappa shape index (κ2) is 6.79. The van der Waals surface area contributed by atoms with Crippen LogP contribution in [0, 0.1) is 6.92 Å². The minimum absolute atomic E-state index is 0.110. The molecule has 0 spiro atoms. The van der Waals surface area contributed by atoms with Crippen LogP contribution in [0.5, 0.6) is 0 Å². The summed E-state index contributed by atoms with van der Waals surface area (Å²) in [4.78, 5) is 37.4. The van der Waals surface area contributed by atoms with Gasteiger partial charge in [0.1, 0.15) is 5.82 Å². The first-order valence-corrected chi connectivity index (χ1v) is 8.81. The summed E-state index contributed by atoms with van der Waals surface area (Å²) in [5.74, 6) is 1.76. The van der Waals surface area contributed by atoms with Gasteiger partial charge in [-0.2, -0.15) is 0 Å². The highest BCUT2D eigenvalue weighted by atomic mass is 16.2. The monoisotopic (exact) mass is 363 g/mol. The number of hydrogen-bond donors (Lipinski definition) is 1. The van der Waals surface area contributed by atoms with Crippen LogP contribution in [-0.4, -0.2) is 56.4 Å². The van der Waals surface area contributed by atoms with Crippen molar-refractivity contribution in [2.24, 2.45) is 0 Å². The van der Waals surface area contributed by atoms with Crippen molar-refractivity contribution in [3.8, 4) is 11.4 Å². The highest BCUT2D eigenvalue weighted by molar-refractivity contribution is 5.90. The summed E-state index contributed by atoms with van der Waals surface area (Å²) in [6.45, 7) is 2.93. The van der Waals surface area contributed by atoms with Crippen LogP contribution in [0.15, 0.2) is 30.7 Å². The molecule has 0 aliphatic carbocycles. The molecule has 0 bridgehead atoms. The van der Waals surface area contributed by atoms with Crippen LogP contribution in [0.25, 0.3) is 11.4 Å². The van der Waals surface area contributed by atoms with Crippen LogP contribution in [0.1, 0.15) is 27.6 Å². The topological polar surface area (TPSA) is 90.9 Å². The number of anilines is 1. The summed E-state index contributed by atoms with van der Waals surface area (Å²) in [7, 11) is 3.94. The molecule has 0 fully saturated rings. The lowest BCUT2D eigenvalue weighted by Crippen LogP contribution is -2.38. The molecule has 0 saturated carbocycles. The number of carbonyl (C=O) groups is 1. The Hall–Kier alpha value is -3.29. The molecule has 3 aromatic heterocycles. The van der Waals surface area contributed by atoms with Crippen LogP contribution >= 0.6 is 0 Å². The Morgan fingerprint density at radius 3 is 2.78 bits per heavy atom. The third-order valence-electron chi connectivity index (χ3n) is 4.58. The third kappa shape index (κ3) is 3.25. The number of fused-ring (bicyclic) bond motifs is 1. The maximum Gasteiger partial charge on any atom is 0.290 e. The summed E-state index contributed by atoms with van der Waals surface area (Å²) >= 11 is 0. The number of carbonyl (C=O) groups excluding carboxylic acids is 1. The minimum atomic E-state index is -0.110. The lowest BCUT2D eigenvalue weighted by molar-refractivity contribution is 0.0720. The Labute approximate surface area is 157 Å². The Morgan fingerprint density at radius 1 is 1.26 bits per heavy atom. The number of aromatic nitrogens is 5. The second-order valence-electron chi connectivity index (χ2n) is 6.82. The van der Waals surface area contributed by atoms with E-state index in [2.05, 4.69) is 15.0 Å². The number of nitrogens with zero attached hydrogens (tertiary/aromatic N) is 6. The SMILES string of the molecule is Cc1cnc(C(=O)N2CCc3c(nc(-c4cccnc4)nc3N(C)C)C2)[nH]1. The van der Waals surface area contributed by atoms with Crippen LogP contribution in [0.4, 0.5) is 5.82 Å². The normalized spacial score (nSPS) is 13.4. The Balaban J connectivity index is 1.71. The third-order valence-corrected chi connectivity index (χ3v) is 4.58. The van der Waals surface area contributed by atoms with Gasteiger partial charge in [0.25, 0.3) is 5.91 Å². The molecule has 0 unspecified atom stereocenters. The fourth-order valence-corrected chi connectivity index (χ4v) is 3.25. The zero-order chi connectivity index (χ0) is 19.0.